The van der Waals surface area contributed by atoms with Gasteiger partial charge >= 0.3 is 0 Å². The number of nitrogens with zero attached hydrogens (tertiary/aromatic N) is 1. The van der Waals surface area contributed by atoms with Crippen LogP contribution < -0.4 is 4.90 Å². The highest BCUT2D eigenvalue weighted by Gasteiger charge is 2.13. The zero-order valence-electron chi connectivity index (χ0n) is 9.18. The molecule has 0 saturated heterocycles. The number of benzene rings is 1. The first kappa shape index (κ1) is 11.7. The lowest BCUT2D eigenvalue weighted by Gasteiger charge is -2.18. The molecule has 1 aromatic rings. The molecule has 0 unspecified atom stereocenters. The molecule has 0 aromatic heterocycles. The van der Waals surface area contributed by atoms with E-state index in [0.717, 1.165) is 5.69 Å². The van der Waals surface area contributed by atoms with E-state index in [4.69, 9.17) is 5.11 Å². The Morgan fingerprint density at radius 1 is 1.40 bits per heavy atom. The fourth-order valence-electron chi connectivity index (χ4n) is 1.30. The average molecular weight is 207 g/mol. The molecular formula is C12H17NO2. The Kier molecular flexibility index (Phi) is 4.31. The Morgan fingerprint density at radius 3 is 2.53 bits per heavy atom. The number of carbonyl (C=O) groups is 1. The second-order valence-corrected chi connectivity index (χ2v) is 3.78. The highest BCUT2D eigenvalue weighted by molar-refractivity contribution is 5.92. The minimum absolute atomic E-state index is 0.0173. The normalized spacial score (nSPS) is 12.2. The molecule has 0 saturated carbocycles. The van der Waals surface area contributed by atoms with E-state index < -0.39 is 0 Å². The zero-order chi connectivity index (χ0) is 11.3. The SMILES string of the molecule is C[C@@H](CO)CC(=O)N(C)c1ccccc1. The van der Waals surface area contributed by atoms with Crippen LogP contribution in [0.4, 0.5) is 5.69 Å². The standard InChI is InChI=1S/C12H17NO2/c1-10(9-14)8-12(15)13(2)11-6-4-3-5-7-11/h3-7,10,14H,8-9H2,1-2H3/t10-/m1/s1. The second-order valence-electron chi connectivity index (χ2n) is 3.78. The van der Waals surface area contributed by atoms with Gasteiger partial charge in [0.2, 0.25) is 5.91 Å². The number of rotatable bonds is 4. The van der Waals surface area contributed by atoms with Crippen molar-refractivity contribution >= 4 is 11.6 Å². The molecule has 15 heavy (non-hydrogen) atoms. The number of hydrogen-bond donors (Lipinski definition) is 1. The van der Waals surface area contributed by atoms with Crippen LogP contribution >= 0.6 is 0 Å². The molecule has 0 aliphatic heterocycles. The van der Waals surface area contributed by atoms with Gasteiger partial charge in [-0.25, -0.2) is 0 Å². The predicted molar refractivity (Wildman–Crippen MR) is 60.7 cm³/mol. The molecule has 3 heteroatoms. The van der Waals surface area contributed by atoms with Crippen LogP contribution in [0.1, 0.15) is 13.3 Å². The van der Waals surface area contributed by atoms with Crippen molar-refractivity contribution in [2.24, 2.45) is 5.92 Å². The molecule has 0 spiro atoms. The molecule has 1 N–H and O–H groups in total. The highest BCUT2D eigenvalue weighted by atomic mass is 16.3. The van der Waals surface area contributed by atoms with E-state index in [1.165, 1.54) is 0 Å². The summed E-state index contributed by atoms with van der Waals surface area (Å²) in [6.07, 6.45) is 0.377. The Balaban J connectivity index is 2.61. The monoisotopic (exact) mass is 207 g/mol. The van der Waals surface area contributed by atoms with Gasteiger partial charge in [-0.3, -0.25) is 4.79 Å². The van der Waals surface area contributed by atoms with Crippen molar-refractivity contribution in [3.05, 3.63) is 30.3 Å². The van der Waals surface area contributed by atoms with Crippen LogP contribution in [0, 0.1) is 5.92 Å². The molecule has 0 radical (unpaired) electrons. The number of aliphatic hydroxyl groups is 1. The quantitative estimate of drug-likeness (QED) is 0.815. The van der Waals surface area contributed by atoms with Gasteiger partial charge in [0.05, 0.1) is 0 Å². The van der Waals surface area contributed by atoms with Gasteiger partial charge in [0, 0.05) is 25.8 Å². The van der Waals surface area contributed by atoms with Crippen molar-refractivity contribution in [1.29, 1.82) is 0 Å². The molecule has 0 heterocycles. The van der Waals surface area contributed by atoms with E-state index in [1.807, 2.05) is 37.3 Å². The van der Waals surface area contributed by atoms with Gasteiger partial charge in [-0.2, -0.15) is 0 Å². The second kappa shape index (κ2) is 5.51. The minimum atomic E-state index is 0.0173. The third-order valence-corrected chi connectivity index (χ3v) is 2.35. The number of aliphatic hydroxyl groups excluding tert-OH is 1. The molecule has 0 fully saturated rings. The lowest BCUT2D eigenvalue weighted by Crippen LogP contribution is -2.28. The van der Waals surface area contributed by atoms with E-state index in [0.29, 0.717) is 6.42 Å². The van der Waals surface area contributed by atoms with E-state index >= 15 is 0 Å². The van der Waals surface area contributed by atoms with Crippen LogP contribution in [-0.4, -0.2) is 24.7 Å². The minimum Gasteiger partial charge on any atom is -0.396 e. The van der Waals surface area contributed by atoms with Gasteiger partial charge in [-0.05, 0) is 18.1 Å². The van der Waals surface area contributed by atoms with Crippen LogP contribution in [0.25, 0.3) is 0 Å². The predicted octanol–water partition coefficient (Wildman–Crippen LogP) is 1.67. The summed E-state index contributed by atoms with van der Waals surface area (Å²) in [5, 5.41) is 8.87. The Labute approximate surface area is 90.3 Å². The summed E-state index contributed by atoms with van der Waals surface area (Å²) < 4.78 is 0. The molecule has 0 aliphatic rings. The van der Waals surface area contributed by atoms with Gasteiger partial charge in [-0.15, -0.1) is 0 Å². The first-order chi connectivity index (χ1) is 7.15. The topological polar surface area (TPSA) is 40.5 Å². The lowest BCUT2D eigenvalue weighted by molar-refractivity contribution is -0.119. The van der Waals surface area contributed by atoms with Crippen molar-refractivity contribution in [2.45, 2.75) is 13.3 Å². The fourth-order valence-corrected chi connectivity index (χ4v) is 1.30. The number of hydrogen-bond acceptors (Lipinski definition) is 2. The fraction of sp³-hybridized carbons (Fsp3) is 0.417. The average Bonchev–Trinajstić information content (AvgIpc) is 2.29. The van der Waals surface area contributed by atoms with Crippen molar-refractivity contribution in [1.82, 2.24) is 0 Å². The zero-order valence-corrected chi connectivity index (χ0v) is 9.18. The molecule has 1 aromatic carbocycles. The third kappa shape index (κ3) is 3.36. The van der Waals surface area contributed by atoms with Gasteiger partial charge in [0.25, 0.3) is 0 Å². The van der Waals surface area contributed by atoms with E-state index in [2.05, 4.69) is 0 Å². The first-order valence-corrected chi connectivity index (χ1v) is 5.07. The summed E-state index contributed by atoms with van der Waals surface area (Å²) in [6.45, 7) is 1.91. The smallest absolute Gasteiger partial charge is 0.227 e. The maximum atomic E-state index is 11.7. The maximum Gasteiger partial charge on any atom is 0.227 e. The molecular weight excluding hydrogens is 190 g/mol. The van der Waals surface area contributed by atoms with Crippen LogP contribution in [0.3, 0.4) is 0 Å². The summed E-state index contributed by atoms with van der Waals surface area (Å²) in [5.74, 6) is 0.0476. The maximum absolute atomic E-state index is 11.7. The first-order valence-electron chi connectivity index (χ1n) is 5.07. The summed E-state index contributed by atoms with van der Waals surface area (Å²) in [7, 11) is 1.75. The Morgan fingerprint density at radius 2 is 2.00 bits per heavy atom. The van der Waals surface area contributed by atoms with Crippen LogP contribution in [0.2, 0.25) is 0 Å². The van der Waals surface area contributed by atoms with Crippen molar-refractivity contribution in [3.63, 3.8) is 0 Å². The van der Waals surface area contributed by atoms with Gasteiger partial charge in [0.15, 0.2) is 0 Å². The van der Waals surface area contributed by atoms with Crippen LogP contribution in [-0.2, 0) is 4.79 Å². The van der Waals surface area contributed by atoms with Gasteiger partial charge in [-0.1, -0.05) is 25.1 Å². The summed E-state index contributed by atoms with van der Waals surface area (Å²) >= 11 is 0. The van der Waals surface area contributed by atoms with Crippen molar-refractivity contribution in [3.8, 4) is 0 Å². The van der Waals surface area contributed by atoms with Crippen molar-refractivity contribution < 1.29 is 9.90 Å². The van der Waals surface area contributed by atoms with Crippen LogP contribution in [0.15, 0.2) is 30.3 Å². The summed E-state index contributed by atoms with van der Waals surface area (Å²) in [6, 6.07) is 9.49. The number of amides is 1. The molecule has 82 valence electrons. The molecule has 1 atom stereocenters. The molecule has 1 rings (SSSR count). The van der Waals surface area contributed by atoms with Crippen molar-refractivity contribution in [2.75, 3.05) is 18.6 Å². The van der Waals surface area contributed by atoms with E-state index in [9.17, 15) is 4.79 Å². The number of para-hydroxylation sites is 1. The van der Waals surface area contributed by atoms with E-state index in [1.54, 1.807) is 11.9 Å². The molecule has 3 nitrogen and oxygen atoms in total. The van der Waals surface area contributed by atoms with Gasteiger partial charge in [0.1, 0.15) is 0 Å². The summed E-state index contributed by atoms with van der Waals surface area (Å²) in [4.78, 5) is 13.3. The Hall–Kier alpha value is -1.35. The third-order valence-electron chi connectivity index (χ3n) is 2.35. The Bertz CT molecular complexity index is 311. The summed E-state index contributed by atoms with van der Waals surface area (Å²) in [5.41, 5.74) is 0.882. The number of carbonyl (C=O) groups excluding carboxylic acids is 1. The van der Waals surface area contributed by atoms with Gasteiger partial charge < -0.3 is 10.0 Å². The number of anilines is 1. The lowest BCUT2D eigenvalue weighted by atomic mass is 10.1. The molecule has 0 aliphatic carbocycles. The molecule has 0 bridgehead atoms. The molecule has 1 amide bonds. The van der Waals surface area contributed by atoms with Crippen LogP contribution in [0.5, 0.6) is 0 Å². The van der Waals surface area contributed by atoms with E-state index in [-0.39, 0.29) is 18.4 Å². The highest BCUT2D eigenvalue weighted by Crippen LogP contribution is 2.13. The largest absolute Gasteiger partial charge is 0.396 e.